The number of rotatable bonds is 7. The van der Waals surface area contributed by atoms with Crippen molar-refractivity contribution in [1.29, 1.82) is 0 Å². The molecule has 2 heterocycles. The maximum atomic E-state index is 12.8. The highest BCUT2D eigenvalue weighted by atomic mass is 32.2. The fraction of sp³-hybridized carbons (Fsp3) is 0.375. The molecule has 1 saturated carbocycles. The molecule has 8 heteroatoms. The molecule has 4 rings (SSSR count). The molecule has 0 aliphatic heterocycles. The number of aryl methyl sites for hydroxylation is 1. The van der Waals surface area contributed by atoms with Gasteiger partial charge in [0.05, 0.1) is 5.92 Å². The van der Waals surface area contributed by atoms with Crippen LogP contribution >= 0.6 is 11.8 Å². The normalized spacial score (nSPS) is 18.4. The molecule has 1 N–H and O–H groups in total. The van der Waals surface area contributed by atoms with Gasteiger partial charge in [-0.05, 0) is 43.7 Å². The molecule has 3 aromatic rings. The number of thioether (sulfide) groups is 1. The molecule has 0 unspecified atom stereocenters. The van der Waals surface area contributed by atoms with Crippen LogP contribution in [-0.4, -0.2) is 30.6 Å². The van der Waals surface area contributed by atoms with Crippen LogP contribution in [0.3, 0.4) is 0 Å². The summed E-state index contributed by atoms with van der Waals surface area (Å²) < 4.78 is 2.09. The number of hydrogen-bond donors (Lipinski definition) is 1. The first-order valence-electron chi connectivity index (χ1n) is 10.8. The van der Waals surface area contributed by atoms with Crippen LogP contribution in [0.4, 0.5) is 0 Å². The molecule has 7 nitrogen and oxygen atoms in total. The van der Waals surface area contributed by atoms with Crippen LogP contribution in [0.15, 0.2) is 59.1 Å². The molecule has 32 heavy (non-hydrogen) atoms. The Morgan fingerprint density at radius 1 is 1.09 bits per heavy atom. The van der Waals surface area contributed by atoms with Crippen molar-refractivity contribution >= 4 is 17.7 Å². The van der Waals surface area contributed by atoms with Gasteiger partial charge in [-0.3, -0.25) is 9.59 Å². The van der Waals surface area contributed by atoms with E-state index in [1.165, 1.54) is 17.5 Å². The van der Waals surface area contributed by atoms with Crippen molar-refractivity contribution in [3.8, 4) is 0 Å². The Hall–Kier alpha value is -3.00. The van der Waals surface area contributed by atoms with Crippen molar-refractivity contribution in [1.82, 2.24) is 19.5 Å². The Morgan fingerprint density at radius 2 is 1.78 bits per heavy atom. The summed E-state index contributed by atoms with van der Waals surface area (Å²) in [6.07, 6.45) is 9.98. The summed E-state index contributed by atoms with van der Waals surface area (Å²) in [7, 11) is 0. The van der Waals surface area contributed by atoms with Crippen LogP contribution in [0.1, 0.15) is 54.0 Å². The quantitative estimate of drug-likeness (QED) is 0.428. The lowest BCUT2D eigenvalue weighted by Gasteiger charge is -2.29. The van der Waals surface area contributed by atoms with Crippen LogP contribution in [0, 0.1) is 12.8 Å². The van der Waals surface area contributed by atoms with Gasteiger partial charge in [-0.15, -0.1) is 0 Å². The van der Waals surface area contributed by atoms with E-state index in [0.717, 1.165) is 18.4 Å². The highest BCUT2D eigenvalue weighted by molar-refractivity contribution is 7.98. The number of aliphatic carboxylic acids is 1. The molecular weight excluding hydrogens is 424 g/mol. The zero-order valence-corrected chi connectivity index (χ0v) is 18.8. The third kappa shape index (κ3) is 5.43. The van der Waals surface area contributed by atoms with Crippen molar-refractivity contribution in [2.45, 2.75) is 56.0 Å². The summed E-state index contributed by atoms with van der Waals surface area (Å²) in [5.41, 5.74) is 3.59. The smallest absolute Gasteiger partial charge is 0.306 e. The van der Waals surface area contributed by atoms with Crippen LogP contribution in [-0.2, 0) is 17.0 Å². The first kappa shape index (κ1) is 22.2. The second-order valence-electron chi connectivity index (χ2n) is 8.30. The topological polar surface area (TPSA) is 98.0 Å². The monoisotopic (exact) mass is 450 g/mol. The Labute approximate surface area is 191 Å². The first-order chi connectivity index (χ1) is 15.5. The molecule has 0 saturated heterocycles. The van der Waals surface area contributed by atoms with E-state index in [1.54, 1.807) is 24.2 Å². The van der Waals surface area contributed by atoms with E-state index in [4.69, 9.17) is 0 Å². The number of carboxylic acid groups (broad SMARTS) is 1. The van der Waals surface area contributed by atoms with E-state index in [2.05, 4.69) is 50.7 Å². The maximum Gasteiger partial charge on any atom is 0.306 e. The molecular formula is C24H26N4O3S. The zero-order valence-electron chi connectivity index (χ0n) is 18.0. The van der Waals surface area contributed by atoms with Crippen LogP contribution in [0.5, 0.6) is 0 Å². The van der Waals surface area contributed by atoms with Crippen molar-refractivity contribution < 1.29 is 9.90 Å². The van der Waals surface area contributed by atoms with E-state index in [1.807, 2.05) is 6.20 Å². The Morgan fingerprint density at radius 3 is 2.44 bits per heavy atom. The Balaban J connectivity index is 1.61. The van der Waals surface area contributed by atoms with E-state index in [9.17, 15) is 14.7 Å². The van der Waals surface area contributed by atoms with Crippen molar-refractivity contribution in [3.05, 3.63) is 81.8 Å². The number of nitrogens with zero attached hydrogens (tertiary/aromatic N) is 4. The first-order valence-corrected chi connectivity index (χ1v) is 11.7. The van der Waals surface area contributed by atoms with Crippen LogP contribution < -0.4 is 5.56 Å². The van der Waals surface area contributed by atoms with E-state index < -0.39 is 5.97 Å². The number of benzene rings is 1. The molecule has 1 aromatic carbocycles. The molecule has 0 bridgehead atoms. The molecule has 166 valence electrons. The second-order valence-corrected chi connectivity index (χ2v) is 9.25. The average Bonchev–Trinajstić information content (AvgIpc) is 2.81. The highest BCUT2D eigenvalue weighted by Crippen LogP contribution is 2.35. The molecule has 1 fully saturated rings. The van der Waals surface area contributed by atoms with E-state index in [0.29, 0.717) is 35.7 Å². The Kier molecular flexibility index (Phi) is 6.99. The minimum Gasteiger partial charge on any atom is -0.481 e. The lowest BCUT2D eigenvalue weighted by molar-refractivity contribution is -0.143. The zero-order chi connectivity index (χ0) is 22.5. The number of aromatic nitrogens is 4. The van der Waals surface area contributed by atoms with Gasteiger partial charge in [-0.2, -0.15) is 4.98 Å². The molecule has 1 aliphatic rings. The van der Waals surface area contributed by atoms with Gasteiger partial charge in [0.15, 0.2) is 5.16 Å². The largest absolute Gasteiger partial charge is 0.481 e. The van der Waals surface area contributed by atoms with Crippen LogP contribution in [0.2, 0.25) is 0 Å². The fourth-order valence-electron chi connectivity index (χ4n) is 4.06. The van der Waals surface area contributed by atoms with Gasteiger partial charge in [0.1, 0.15) is 6.33 Å². The molecule has 2 aromatic heterocycles. The minimum atomic E-state index is -0.722. The lowest BCUT2D eigenvalue weighted by atomic mass is 9.86. The fourth-order valence-corrected chi connectivity index (χ4v) is 5.05. The summed E-state index contributed by atoms with van der Waals surface area (Å²) in [5, 5.41) is 10.0. The van der Waals surface area contributed by atoms with Crippen molar-refractivity contribution in [3.63, 3.8) is 0 Å². The third-order valence-electron chi connectivity index (χ3n) is 5.92. The van der Waals surface area contributed by atoms with E-state index >= 15 is 0 Å². The average molecular weight is 451 g/mol. The van der Waals surface area contributed by atoms with Gasteiger partial charge in [0.2, 0.25) is 0 Å². The summed E-state index contributed by atoms with van der Waals surface area (Å²) >= 11 is 1.55. The molecule has 0 radical (unpaired) electrons. The number of carboxylic acids is 1. The minimum absolute atomic E-state index is 0.130. The van der Waals surface area contributed by atoms with Gasteiger partial charge in [-0.25, -0.2) is 9.97 Å². The van der Waals surface area contributed by atoms with Gasteiger partial charge < -0.3 is 9.67 Å². The molecule has 0 atom stereocenters. The summed E-state index contributed by atoms with van der Waals surface area (Å²) in [6.45, 7) is 2.06. The van der Waals surface area contributed by atoms with Crippen molar-refractivity contribution in [2.24, 2.45) is 5.92 Å². The third-order valence-corrected chi connectivity index (χ3v) is 6.96. The summed E-state index contributed by atoms with van der Waals surface area (Å²) in [5.74, 6) is -0.299. The molecule has 0 spiro atoms. The SMILES string of the molecule is Cc1ccc(CSc2nc(=O)c(Cc3cncnc3)cn2C2CCC(C(=O)O)CC2)cc1. The van der Waals surface area contributed by atoms with Gasteiger partial charge in [0, 0.05) is 42.4 Å². The standard InChI is InChI=1S/C24H26N4O3S/c1-16-2-4-17(5-3-16)14-32-24-27-22(29)20(10-18-11-25-15-26-12-18)13-28(24)21-8-6-19(7-9-21)23(30)31/h2-5,11-13,15,19,21H,6-10,14H2,1H3,(H,30,31). The van der Waals surface area contributed by atoms with Gasteiger partial charge >= 0.3 is 5.97 Å². The highest BCUT2D eigenvalue weighted by Gasteiger charge is 2.28. The number of hydrogen-bond acceptors (Lipinski definition) is 6. The van der Waals surface area contributed by atoms with Gasteiger partial charge in [0.25, 0.3) is 5.56 Å². The summed E-state index contributed by atoms with van der Waals surface area (Å²) in [4.78, 5) is 36.7. The second kappa shape index (κ2) is 10.1. The van der Waals surface area contributed by atoms with Crippen LogP contribution in [0.25, 0.3) is 0 Å². The molecule has 1 aliphatic carbocycles. The maximum absolute atomic E-state index is 12.8. The number of carbonyl (C=O) groups is 1. The predicted octanol–water partition coefficient (Wildman–Crippen LogP) is 4.04. The van der Waals surface area contributed by atoms with E-state index in [-0.39, 0.29) is 17.5 Å². The predicted molar refractivity (Wildman–Crippen MR) is 123 cm³/mol. The van der Waals surface area contributed by atoms with Crippen molar-refractivity contribution in [2.75, 3.05) is 0 Å². The van der Waals surface area contributed by atoms with Gasteiger partial charge in [-0.1, -0.05) is 41.6 Å². The molecule has 0 amide bonds. The lowest BCUT2D eigenvalue weighted by Crippen LogP contribution is -2.27. The Bertz CT molecular complexity index is 1120. The summed E-state index contributed by atoms with van der Waals surface area (Å²) in [6, 6.07) is 8.47.